The number of benzene rings is 1. The molecule has 8 heteroatoms. The minimum atomic E-state index is -0.227. The number of fused-ring (bicyclic) bond motifs is 1. The van der Waals surface area contributed by atoms with Crippen LogP contribution in [0.3, 0.4) is 0 Å². The highest BCUT2D eigenvalue weighted by Gasteiger charge is 2.30. The fourth-order valence-corrected chi connectivity index (χ4v) is 5.51. The van der Waals surface area contributed by atoms with Crippen molar-refractivity contribution in [2.45, 2.75) is 25.9 Å². The van der Waals surface area contributed by atoms with Crippen molar-refractivity contribution in [3.05, 3.63) is 82.2 Å². The molecule has 1 aromatic carbocycles. The van der Waals surface area contributed by atoms with E-state index in [1.807, 2.05) is 52.7 Å². The van der Waals surface area contributed by atoms with Gasteiger partial charge in [0.2, 0.25) is 5.91 Å². The SMILES string of the molecule is O=C(NCc1ccco1)[C@H]1CCCN(C(=O)c2cc3ccsc3n2Cc2cccc(Cl)c2)C1. The monoisotopic (exact) mass is 481 g/mol. The van der Waals surface area contributed by atoms with Crippen molar-refractivity contribution in [3.63, 3.8) is 0 Å². The van der Waals surface area contributed by atoms with Gasteiger partial charge in [0.05, 0.1) is 18.7 Å². The average Bonchev–Trinajstić information content (AvgIpc) is 3.56. The van der Waals surface area contributed by atoms with Crippen molar-refractivity contribution in [3.8, 4) is 0 Å². The molecule has 1 aliphatic heterocycles. The number of rotatable bonds is 6. The number of thiophene rings is 1. The molecule has 1 aliphatic rings. The first-order valence-electron chi connectivity index (χ1n) is 11.0. The third-order valence-corrected chi connectivity index (χ3v) is 7.23. The Kier molecular flexibility index (Phi) is 6.24. The fraction of sp³-hybridized carbons (Fsp3) is 0.280. The Hall–Kier alpha value is -3.03. The van der Waals surface area contributed by atoms with Crippen LogP contribution in [0.15, 0.2) is 64.6 Å². The van der Waals surface area contributed by atoms with Crippen LogP contribution in [0.25, 0.3) is 10.2 Å². The predicted molar refractivity (Wildman–Crippen MR) is 130 cm³/mol. The van der Waals surface area contributed by atoms with Gasteiger partial charge in [-0.15, -0.1) is 11.3 Å². The number of carbonyl (C=O) groups excluding carboxylic acids is 2. The van der Waals surface area contributed by atoms with Crippen molar-refractivity contribution in [1.29, 1.82) is 0 Å². The molecule has 0 spiro atoms. The van der Waals surface area contributed by atoms with Gasteiger partial charge < -0.3 is 19.2 Å². The summed E-state index contributed by atoms with van der Waals surface area (Å²) in [5.41, 5.74) is 1.68. The van der Waals surface area contributed by atoms with Crippen LogP contribution < -0.4 is 5.32 Å². The molecule has 0 unspecified atom stereocenters. The highest BCUT2D eigenvalue weighted by Crippen LogP contribution is 2.29. The molecule has 1 fully saturated rings. The summed E-state index contributed by atoms with van der Waals surface area (Å²) in [6.07, 6.45) is 3.16. The molecule has 1 atom stereocenters. The summed E-state index contributed by atoms with van der Waals surface area (Å²) < 4.78 is 7.35. The van der Waals surface area contributed by atoms with Gasteiger partial charge in [-0.3, -0.25) is 9.59 Å². The topological polar surface area (TPSA) is 67.5 Å². The first-order valence-corrected chi connectivity index (χ1v) is 12.2. The molecule has 0 bridgehead atoms. The largest absolute Gasteiger partial charge is 0.467 e. The van der Waals surface area contributed by atoms with Crippen LogP contribution in [0.1, 0.15) is 34.7 Å². The van der Waals surface area contributed by atoms with E-state index in [1.165, 1.54) is 0 Å². The Labute approximate surface area is 200 Å². The van der Waals surface area contributed by atoms with E-state index in [4.69, 9.17) is 16.0 Å². The zero-order chi connectivity index (χ0) is 22.8. The molecular formula is C25H24ClN3O3S. The number of furan rings is 1. The quantitative estimate of drug-likeness (QED) is 0.413. The lowest BCUT2D eigenvalue weighted by molar-refractivity contribution is -0.126. The van der Waals surface area contributed by atoms with Crippen LogP contribution in [0.2, 0.25) is 5.02 Å². The van der Waals surface area contributed by atoms with Crippen LogP contribution >= 0.6 is 22.9 Å². The molecule has 5 rings (SSSR count). The number of nitrogens with zero attached hydrogens (tertiary/aromatic N) is 2. The van der Waals surface area contributed by atoms with Crippen molar-refractivity contribution in [2.75, 3.05) is 13.1 Å². The zero-order valence-corrected chi connectivity index (χ0v) is 19.6. The standard InChI is InChI=1S/C25H24ClN3O3S/c26-20-6-1-4-17(12-20)15-29-22(13-18-8-11-33-25(18)29)24(31)28-9-2-5-19(16-28)23(30)27-14-21-7-3-10-32-21/h1,3-4,6-8,10-13,19H,2,5,9,14-16H2,(H,27,30)/t19-/m0/s1. The van der Waals surface area contributed by atoms with Gasteiger partial charge in [-0.25, -0.2) is 0 Å². The number of amides is 2. The van der Waals surface area contributed by atoms with E-state index in [1.54, 1.807) is 23.7 Å². The summed E-state index contributed by atoms with van der Waals surface area (Å²) in [6.45, 7) is 1.98. The summed E-state index contributed by atoms with van der Waals surface area (Å²) in [6, 6.07) is 15.3. The van der Waals surface area contributed by atoms with Crippen LogP contribution in [-0.4, -0.2) is 34.4 Å². The lowest BCUT2D eigenvalue weighted by Gasteiger charge is -2.32. The third-order valence-electron chi connectivity index (χ3n) is 6.05. The van der Waals surface area contributed by atoms with Gasteiger partial charge in [-0.2, -0.15) is 0 Å². The summed E-state index contributed by atoms with van der Waals surface area (Å²) in [4.78, 5) is 29.2. The van der Waals surface area contributed by atoms with Gasteiger partial charge in [0, 0.05) is 30.0 Å². The number of carbonyl (C=O) groups is 2. The number of aromatic nitrogens is 1. The third kappa shape index (κ3) is 4.70. The molecule has 0 radical (unpaired) electrons. The molecule has 0 aliphatic carbocycles. The Morgan fingerprint density at radius 1 is 1.18 bits per heavy atom. The summed E-state index contributed by atoms with van der Waals surface area (Å²) >= 11 is 7.80. The van der Waals surface area contributed by atoms with Crippen LogP contribution in [-0.2, 0) is 17.9 Å². The van der Waals surface area contributed by atoms with Gasteiger partial charge in [0.1, 0.15) is 16.3 Å². The van der Waals surface area contributed by atoms with E-state index >= 15 is 0 Å². The Morgan fingerprint density at radius 3 is 2.91 bits per heavy atom. The number of nitrogens with one attached hydrogen (secondary N) is 1. The van der Waals surface area contributed by atoms with Gasteiger partial charge in [-0.1, -0.05) is 23.7 Å². The number of hydrogen-bond acceptors (Lipinski definition) is 4. The first kappa shape index (κ1) is 21.8. The van der Waals surface area contributed by atoms with Crippen molar-refractivity contribution in [1.82, 2.24) is 14.8 Å². The van der Waals surface area contributed by atoms with Crippen LogP contribution in [0.5, 0.6) is 0 Å². The van der Waals surface area contributed by atoms with Crippen molar-refractivity contribution in [2.24, 2.45) is 5.92 Å². The number of likely N-dealkylation sites (tertiary alicyclic amines) is 1. The van der Waals surface area contributed by atoms with Gasteiger partial charge in [0.25, 0.3) is 5.91 Å². The fourth-order valence-electron chi connectivity index (χ4n) is 4.40. The zero-order valence-electron chi connectivity index (χ0n) is 18.0. The highest BCUT2D eigenvalue weighted by molar-refractivity contribution is 7.16. The Balaban J connectivity index is 1.33. The molecule has 1 N–H and O–H groups in total. The van der Waals surface area contributed by atoms with Crippen LogP contribution in [0.4, 0.5) is 0 Å². The second-order valence-corrected chi connectivity index (χ2v) is 9.65. The van der Waals surface area contributed by atoms with E-state index in [9.17, 15) is 9.59 Å². The first-order chi connectivity index (χ1) is 16.1. The van der Waals surface area contributed by atoms with E-state index in [-0.39, 0.29) is 17.7 Å². The minimum absolute atomic E-state index is 0.0380. The molecular weight excluding hydrogens is 458 g/mol. The van der Waals surface area contributed by atoms with E-state index < -0.39 is 0 Å². The number of halogens is 1. The molecule has 170 valence electrons. The smallest absolute Gasteiger partial charge is 0.270 e. The Morgan fingerprint density at radius 2 is 2.09 bits per heavy atom. The Bertz CT molecular complexity index is 1280. The molecule has 4 heterocycles. The van der Waals surface area contributed by atoms with Gasteiger partial charge >= 0.3 is 0 Å². The molecule has 3 aromatic heterocycles. The van der Waals surface area contributed by atoms with E-state index in [2.05, 4.69) is 9.88 Å². The summed E-state index contributed by atoms with van der Waals surface area (Å²) in [5, 5.41) is 6.70. The van der Waals surface area contributed by atoms with Crippen molar-refractivity contribution >= 4 is 45.0 Å². The summed E-state index contributed by atoms with van der Waals surface area (Å²) in [7, 11) is 0. The van der Waals surface area contributed by atoms with Crippen molar-refractivity contribution < 1.29 is 14.0 Å². The predicted octanol–water partition coefficient (Wildman–Crippen LogP) is 5.17. The molecule has 1 saturated heterocycles. The molecule has 4 aromatic rings. The lowest BCUT2D eigenvalue weighted by atomic mass is 9.97. The number of hydrogen-bond donors (Lipinski definition) is 1. The molecule has 6 nitrogen and oxygen atoms in total. The second kappa shape index (κ2) is 9.45. The molecule has 33 heavy (non-hydrogen) atoms. The molecule has 0 saturated carbocycles. The second-order valence-electron chi connectivity index (χ2n) is 8.31. The number of piperidine rings is 1. The minimum Gasteiger partial charge on any atom is -0.467 e. The summed E-state index contributed by atoms with van der Waals surface area (Å²) in [5.74, 6) is 0.407. The van der Waals surface area contributed by atoms with Gasteiger partial charge in [0.15, 0.2) is 0 Å². The maximum Gasteiger partial charge on any atom is 0.270 e. The van der Waals surface area contributed by atoms with Gasteiger partial charge in [-0.05, 0) is 60.2 Å². The van der Waals surface area contributed by atoms with Crippen LogP contribution in [0, 0.1) is 5.92 Å². The average molecular weight is 482 g/mol. The highest BCUT2D eigenvalue weighted by atomic mass is 35.5. The lowest BCUT2D eigenvalue weighted by Crippen LogP contribution is -2.45. The van der Waals surface area contributed by atoms with E-state index in [0.717, 1.165) is 28.6 Å². The molecule has 2 amide bonds. The van der Waals surface area contributed by atoms with E-state index in [0.29, 0.717) is 42.7 Å². The normalized spacial score (nSPS) is 16.3. The maximum absolute atomic E-state index is 13.6. The maximum atomic E-state index is 13.6.